The second kappa shape index (κ2) is 5.45. The number of rotatable bonds is 3. The Morgan fingerprint density at radius 2 is 2.11 bits per heavy atom. The summed E-state index contributed by atoms with van der Waals surface area (Å²) in [5, 5.41) is 4.39. The summed E-state index contributed by atoms with van der Waals surface area (Å²) >= 11 is 3.42. The van der Waals surface area contributed by atoms with E-state index in [2.05, 4.69) is 39.7 Å². The molecule has 0 fully saturated rings. The van der Waals surface area contributed by atoms with Crippen LogP contribution in [0.15, 0.2) is 28.7 Å². The normalized spacial score (nSPS) is 10.5. The lowest BCUT2D eigenvalue weighted by Crippen LogP contribution is -1.96. The summed E-state index contributed by atoms with van der Waals surface area (Å²) in [6.07, 6.45) is 0. The molecular weight excluding hydrogens is 306 g/mol. The van der Waals surface area contributed by atoms with E-state index in [0.717, 1.165) is 10.2 Å². The highest BCUT2D eigenvalue weighted by molar-refractivity contribution is 9.10. The Kier molecular flexibility index (Phi) is 3.91. The van der Waals surface area contributed by atoms with E-state index in [1.165, 1.54) is 0 Å². The fraction of sp³-hybridized carbons (Fsp3) is 0.286. The van der Waals surface area contributed by atoms with Crippen molar-refractivity contribution in [2.45, 2.75) is 19.8 Å². The van der Waals surface area contributed by atoms with Crippen LogP contribution in [0.4, 0.5) is 5.69 Å². The number of hydrogen-bond acceptors (Lipinski definition) is 2. The number of nitrogens with zero attached hydrogens (tertiary/aromatic N) is 3. The van der Waals surface area contributed by atoms with Gasteiger partial charge < -0.3 is 4.74 Å². The van der Waals surface area contributed by atoms with Gasteiger partial charge in [-0.15, -0.1) is 0 Å². The number of hydrogen-bond donors (Lipinski definition) is 0. The van der Waals surface area contributed by atoms with Crippen molar-refractivity contribution in [1.29, 1.82) is 0 Å². The molecule has 0 unspecified atom stereocenters. The Labute approximate surface area is 121 Å². The molecule has 4 nitrogen and oxygen atoms in total. The van der Waals surface area contributed by atoms with Gasteiger partial charge in [-0.1, -0.05) is 26.0 Å². The number of aromatic nitrogens is 2. The summed E-state index contributed by atoms with van der Waals surface area (Å²) in [5.41, 5.74) is 1.53. The van der Waals surface area contributed by atoms with Gasteiger partial charge in [-0.3, -0.25) is 0 Å². The van der Waals surface area contributed by atoms with Crippen LogP contribution in [0, 0.1) is 6.57 Å². The molecule has 1 heterocycles. The van der Waals surface area contributed by atoms with E-state index >= 15 is 0 Å². The quantitative estimate of drug-likeness (QED) is 0.771. The summed E-state index contributed by atoms with van der Waals surface area (Å²) in [6, 6.07) is 7.18. The van der Waals surface area contributed by atoms with Crippen molar-refractivity contribution < 1.29 is 4.74 Å². The Morgan fingerprint density at radius 1 is 1.37 bits per heavy atom. The smallest absolute Gasteiger partial charge is 0.217 e. The van der Waals surface area contributed by atoms with Gasteiger partial charge in [0.2, 0.25) is 5.88 Å². The molecule has 0 aliphatic heterocycles. The molecule has 0 atom stereocenters. The number of ether oxygens (including phenoxy) is 1. The summed E-state index contributed by atoms with van der Waals surface area (Å²) in [7, 11) is 1.84. The topological polar surface area (TPSA) is 31.4 Å². The molecule has 1 aromatic carbocycles. The lowest BCUT2D eigenvalue weighted by molar-refractivity contribution is 0.428. The molecule has 0 bridgehead atoms. The van der Waals surface area contributed by atoms with E-state index in [0.29, 0.717) is 23.2 Å². The minimum absolute atomic E-state index is 0.349. The Bertz CT molecular complexity index is 641. The zero-order valence-electron chi connectivity index (χ0n) is 11.0. The van der Waals surface area contributed by atoms with Crippen molar-refractivity contribution in [2.24, 2.45) is 7.05 Å². The standard InChI is InChI=1S/C14H14BrN3O/c1-9(2)12-8-14(18(4)17-12)19-13-7-10(16-3)5-6-11(13)15/h5-9H,1-2,4H3. The average molecular weight is 320 g/mol. The van der Waals surface area contributed by atoms with Crippen LogP contribution in [0.5, 0.6) is 11.6 Å². The minimum Gasteiger partial charge on any atom is -0.439 e. The predicted molar refractivity (Wildman–Crippen MR) is 77.8 cm³/mol. The molecule has 0 radical (unpaired) electrons. The monoisotopic (exact) mass is 319 g/mol. The minimum atomic E-state index is 0.349. The third-order valence-electron chi connectivity index (χ3n) is 2.71. The summed E-state index contributed by atoms with van der Waals surface area (Å²) in [6.45, 7) is 11.2. The van der Waals surface area contributed by atoms with E-state index in [9.17, 15) is 0 Å². The third kappa shape index (κ3) is 2.96. The van der Waals surface area contributed by atoms with E-state index in [1.54, 1.807) is 16.8 Å². The zero-order chi connectivity index (χ0) is 14.0. The van der Waals surface area contributed by atoms with Gasteiger partial charge in [0, 0.05) is 13.1 Å². The molecule has 98 valence electrons. The summed E-state index contributed by atoms with van der Waals surface area (Å²) in [5.74, 6) is 1.62. The first-order valence-corrected chi connectivity index (χ1v) is 6.69. The number of benzene rings is 1. The van der Waals surface area contributed by atoms with Gasteiger partial charge >= 0.3 is 0 Å². The van der Waals surface area contributed by atoms with Crippen molar-refractivity contribution in [3.8, 4) is 11.6 Å². The fourth-order valence-electron chi connectivity index (χ4n) is 1.60. The maximum absolute atomic E-state index is 7.03. The maximum Gasteiger partial charge on any atom is 0.217 e. The largest absolute Gasteiger partial charge is 0.439 e. The summed E-state index contributed by atoms with van der Waals surface area (Å²) < 4.78 is 8.34. The van der Waals surface area contributed by atoms with Crippen LogP contribution >= 0.6 is 15.9 Å². The molecule has 0 saturated heterocycles. The lowest BCUT2D eigenvalue weighted by atomic mass is 10.1. The Morgan fingerprint density at radius 3 is 2.68 bits per heavy atom. The van der Waals surface area contributed by atoms with Crippen LogP contribution in [0.1, 0.15) is 25.5 Å². The number of halogens is 1. The van der Waals surface area contributed by atoms with Crippen LogP contribution in [-0.4, -0.2) is 9.78 Å². The molecule has 0 spiro atoms. The molecule has 2 aromatic rings. The van der Waals surface area contributed by atoms with Gasteiger partial charge in [-0.2, -0.15) is 5.10 Å². The second-order valence-electron chi connectivity index (χ2n) is 4.51. The first-order chi connectivity index (χ1) is 9.01. The molecule has 5 heteroatoms. The zero-order valence-corrected chi connectivity index (χ0v) is 12.6. The lowest BCUT2D eigenvalue weighted by Gasteiger charge is -2.07. The van der Waals surface area contributed by atoms with Crippen LogP contribution in [0.3, 0.4) is 0 Å². The van der Waals surface area contributed by atoms with Crippen molar-refractivity contribution >= 4 is 21.6 Å². The van der Waals surface area contributed by atoms with Gasteiger partial charge in [-0.05, 0) is 27.9 Å². The van der Waals surface area contributed by atoms with Gasteiger partial charge in [-0.25, -0.2) is 9.53 Å². The average Bonchev–Trinajstić information content (AvgIpc) is 2.74. The molecule has 0 amide bonds. The second-order valence-corrected chi connectivity index (χ2v) is 5.37. The third-order valence-corrected chi connectivity index (χ3v) is 3.36. The number of aryl methyl sites for hydroxylation is 1. The van der Waals surface area contributed by atoms with E-state index in [1.807, 2.05) is 19.2 Å². The SMILES string of the molecule is [C-]#[N+]c1ccc(Br)c(Oc2cc(C(C)C)nn2C)c1. The Hall–Kier alpha value is -1.80. The van der Waals surface area contributed by atoms with Gasteiger partial charge in [0.15, 0.2) is 5.69 Å². The van der Waals surface area contributed by atoms with Gasteiger partial charge in [0.1, 0.15) is 5.75 Å². The van der Waals surface area contributed by atoms with Crippen LogP contribution < -0.4 is 4.74 Å². The first-order valence-electron chi connectivity index (χ1n) is 5.90. The van der Waals surface area contributed by atoms with Crippen molar-refractivity contribution in [1.82, 2.24) is 9.78 Å². The van der Waals surface area contributed by atoms with Crippen LogP contribution in [0.2, 0.25) is 0 Å². The molecule has 2 rings (SSSR count). The summed E-state index contributed by atoms with van der Waals surface area (Å²) in [4.78, 5) is 3.40. The van der Waals surface area contributed by atoms with Crippen molar-refractivity contribution in [3.63, 3.8) is 0 Å². The molecule has 0 aliphatic carbocycles. The maximum atomic E-state index is 7.03. The molecule has 0 N–H and O–H groups in total. The predicted octanol–water partition coefficient (Wildman–Crippen LogP) is 4.65. The van der Waals surface area contributed by atoms with Crippen LogP contribution in [0.25, 0.3) is 4.85 Å². The van der Waals surface area contributed by atoms with Crippen molar-refractivity contribution in [3.05, 3.63) is 45.8 Å². The Balaban J connectivity index is 2.33. The highest BCUT2D eigenvalue weighted by Gasteiger charge is 2.11. The van der Waals surface area contributed by atoms with Gasteiger partial charge in [0.05, 0.1) is 16.7 Å². The van der Waals surface area contributed by atoms with Crippen molar-refractivity contribution in [2.75, 3.05) is 0 Å². The van der Waals surface area contributed by atoms with E-state index in [4.69, 9.17) is 11.3 Å². The molecule has 0 aliphatic rings. The molecular formula is C14H14BrN3O. The molecule has 19 heavy (non-hydrogen) atoms. The highest BCUT2D eigenvalue weighted by atomic mass is 79.9. The van der Waals surface area contributed by atoms with E-state index in [-0.39, 0.29) is 0 Å². The highest BCUT2D eigenvalue weighted by Crippen LogP contribution is 2.33. The van der Waals surface area contributed by atoms with Crippen LogP contribution in [-0.2, 0) is 7.05 Å². The molecule has 0 saturated carbocycles. The first kappa shape index (κ1) is 13.6. The van der Waals surface area contributed by atoms with Gasteiger partial charge in [0.25, 0.3) is 0 Å². The molecule has 1 aromatic heterocycles. The fourth-order valence-corrected chi connectivity index (χ4v) is 1.93. The van der Waals surface area contributed by atoms with E-state index < -0.39 is 0 Å².